The van der Waals surface area contributed by atoms with E-state index in [4.69, 9.17) is 10.5 Å². The van der Waals surface area contributed by atoms with Crippen molar-refractivity contribution >= 4 is 23.0 Å². The van der Waals surface area contributed by atoms with E-state index in [1.165, 1.54) is 0 Å². The zero-order valence-corrected chi connectivity index (χ0v) is 18.2. The summed E-state index contributed by atoms with van der Waals surface area (Å²) >= 11 is 0. The van der Waals surface area contributed by atoms with Crippen LogP contribution in [0.25, 0.3) is 0 Å². The molecule has 0 aliphatic carbocycles. The summed E-state index contributed by atoms with van der Waals surface area (Å²) in [6.07, 6.45) is 1.56. The van der Waals surface area contributed by atoms with Gasteiger partial charge in [-0.2, -0.15) is 0 Å². The van der Waals surface area contributed by atoms with Crippen LogP contribution in [0.5, 0.6) is 11.5 Å². The van der Waals surface area contributed by atoms with Gasteiger partial charge < -0.3 is 20.7 Å². The normalized spacial score (nSPS) is 11.0. The van der Waals surface area contributed by atoms with Crippen LogP contribution in [-0.4, -0.2) is 23.1 Å². The van der Waals surface area contributed by atoms with E-state index in [2.05, 4.69) is 47.9 Å². The molecule has 0 saturated heterocycles. The van der Waals surface area contributed by atoms with Gasteiger partial charge >= 0.3 is 0 Å². The Morgan fingerprint density at radius 3 is 2.07 bits per heavy atom. The molecule has 30 heavy (non-hydrogen) atoms. The first-order valence-electron chi connectivity index (χ1n) is 10.4. The van der Waals surface area contributed by atoms with Gasteiger partial charge in [-0.1, -0.05) is 45.9 Å². The van der Waals surface area contributed by atoms with Gasteiger partial charge in [0.15, 0.2) is 11.6 Å². The number of rotatable bonds is 9. The van der Waals surface area contributed by atoms with Gasteiger partial charge in [-0.25, -0.2) is 9.97 Å². The Morgan fingerprint density at radius 2 is 1.47 bits per heavy atom. The number of hydrogen-bond donors (Lipinski definition) is 2. The van der Waals surface area contributed by atoms with Crippen molar-refractivity contribution in [1.82, 2.24) is 9.97 Å². The fourth-order valence-corrected chi connectivity index (χ4v) is 3.23. The highest BCUT2D eigenvalue weighted by Gasteiger charge is 2.17. The molecular formula is C24H31N5O. The standard InChI is InChI=1S/C24H31N5O/c1-17(2)14-29(15-18(3)4)24-22(25)23(26-16-27-24)28-19-10-12-21(13-11-19)30-20-8-6-5-7-9-20/h5-13,16-18H,14-15,25H2,1-4H3,(H,26,27,28). The van der Waals surface area contributed by atoms with Crippen LogP contribution >= 0.6 is 0 Å². The fourth-order valence-electron chi connectivity index (χ4n) is 3.23. The maximum atomic E-state index is 6.46. The smallest absolute Gasteiger partial charge is 0.159 e. The van der Waals surface area contributed by atoms with E-state index in [0.29, 0.717) is 23.3 Å². The number of ether oxygens (including phenoxy) is 1. The van der Waals surface area contributed by atoms with Gasteiger partial charge in [0.1, 0.15) is 23.5 Å². The molecule has 0 aliphatic heterocycles. The van der Waals surface area contributed by atoms with E-state index in [1.807, 2.05) is 54.6 Å². The van der Waals surface area contributed by atoms with E-state index in [0.717, 1.165) is 36.1 Å². The second-order valence-corrected chi connectivity index (χ2v) is 8.22. The van der Waals surface area contributed by atoms with Crippen molar-refractivity contribution in [3.8, 4) is 11.5 Å². The first-order valence-corrected chi connectivity index (χ1v) is 10.4. The van der Waals surface area contributed by atoms with E-state index in [9.17, 15) is 0 Å². The minimum Gasteiger partial charge on any atom is -0.457 e. The third kappa shape index (κ3) is 5.86. The van der Waals surface area contributed by atoms with Crippen molar-refractivity contribution in [2.45, 2.75) is 27.7 Å². The summed E-state index contributed by atoms with van der Waals surface area (Å²) in [6.45, 7) is 10.6. The minimum atomic E-state index is 0.506. The van der Waals surface area contributed by atoms with Crippen molar-refractivity contribution in [2.24, 2.45) is 11.8 Å². The molecule has 3 rings (SSSR count). The molecular weight excluding hydrogens is 374 g/mol. The van der Waals surface area contributed by atoms with Gasteiger partial charge in [-0.05, 0) is 48.2 Å². The van der Waals surface area contributed by atoms with Crippen molar-refractivity contribution in [3.05, 3.63) is 60.9 Å². The molecule has 3 N–H and O–H groups in total. The van der Waals surface area contributed by atoms with Crippen molar-refractivity contribution in [3.63, 3.8) is 0 Å². The molecule has 1 heterocycles. The lowest BCUT2D eigenvalue weighted by molar-refractivity contribution is 0.483. The highest BCUT2D eigenvalue weighted by Crippen LogP contribution is 2.30. The number of nitrogens with zero attached hydrogens (tertiary/aromatic N) is 3. The van der Waals surface area contributed by atoms with E-state index >= 15 is 0 Å². The second kappa shape index (κ2) is 9.96. The third-order valence-corrected chi connectivity index (χ3v) is 4.43. The van der Waals surface area contributed by atoms with Crippen LogP contribution in [0.4, 0.5) is 23.0 Å². The highest BCUT2D eigenvalue weighted by molar-refractivity contribution is 5.78. The molecule has 1 aromatic heterocycles. The number of para-hydroxylation sites is 1. The number of nitrogen functional groups attached to an aromatic ring is 1. The summed E-state index contributed by atoms with van der Waals surface area (Å²) < 4.78 is 5.85. The Labute approximate surface area is 179 Å². The molecule has 6 heteroatoms. The summed E-state index contributed by atoms with van der Waals surface area (Å²) in [5.74, 6) is 3.97. The van der Waals surface area contributed by atoms with Crippen LogP contribution in [0.15, 0.2) is 60.9 Å². The average Bonchev–Trinajstić information content (AvgIpc) is 2.70. The van der Waals surface area contributed by atoms with Crippen LogP contribution < -0.4 is 20.7 Å². The Kier molecular flexibility index (Phi) is 7.12. The number of nitrogens with two attached hydrogens (primary N) is 1. The Balaban J connectivity index is 1.75. The lowest BCUT2D eigenvalue weighted by Gasteiger charge is -2.28. The molecule has 0 amide bonds. The van der Waals surface area contributed by atoms with Crippen LogP contribution in [0, 0.1) is 11.8 Å². The Morgan fingerprint density at radius 1 is 0.867 bits per heavy atom. The van der Waals surface area contributed by atoms with E-state index < -0.39 is 0 Å². The molecule has 0 atom stereocenters. The third-order valence-electron chi connectivity index (χ3n) is 4.43. The number of anilines is 4. The number of hydrogen-bond acceptors (Lipinski definition) is 6. The van der Waals surface area contributed by atoms with E-state index in [-0.39, 0.29) is 0 Å². The number of aromatic nitrogens is 2. The lowest BCUT2D eigenvalue weighted by atomic mass is 10.1. The van der Waals surface area contributed by atoms with Gasteiger partial charge in [0.2, 0.25) is 0 Å². The molecule has 0 saturated carbocycles. The quantitative estimate of drug-likeness (QED) is 0.475. The molecule has 0 radical (unpaired) electrons. The van der Waals surface area contributed by atoms with E-state index in [1.54, 1.807) is 6.33 Å². The zero-order valence-electron chi connectivity index (χ0n) is 18.2. The van der Waals surface area contributed by atoms with Gasteiger partial charge in [0.25, 0.3) is 0 Å². The molecule has 0 fully saturated rings. The Bertz CT molecular complexity index is 916. The summed E-state index contributed by atoms with van der Waals surface area (Å²) in [5, 5.41) is 3.31. The van der Waals surface area contributed by atoms with Gasteiger partial charge in [-0.3, -0.25) is 0 Å². The van der Waals surface area contributed by atoms with Gasteiger partial charge in [-0.15, -0.1) is 0 Å². The summed E-state index contributed by atoms with van der Waals surface area (Å²) in [5.41, 5.74) is 7.90. The molecule has 0 unspecified atom stereocenters. The molecule has 158 valence electrons. The van der Waals surface area contributed by atoms with Crippen molar-refractivity contribution in [1.29, 1.82) is 0 Å². The molecule has 6 nitrogen and oxygen atoms in total. The molecule has 0 bridgehead atoms. The molecule has 0 spiro atoms. The van der Waals surface area contributed by atoms with Crippen LogP contribution in [-0.2, 0) is 0 Å². The van der Waals surface area contributed by atoms with Crippen molar-refractivity contribution < 1.29 is 4.74 Å². The SMILES string of the molecule is CC(C)CN(CC(C)C)c1ncnc(Nc2ccc(Oc3ccccc3)cc2)c1N. The first kappa shape index (κ1) is 21.4. The van der Waals surface area contributed by atoms with Crippen LogP contribution in [0.3, 0.4) is 0 Å². The maximum Gasteiger partial charge on any atom is 0.159 e. The topological polar surface area (TPSA) is 76.3 Å². The van der Waals surface area contributed by atoms with Crippen molar-refractivity contribution in [2.75, 3.05) is 29.0 Å². The predicted octanol–water partition coefficient (Wildman–Crippen LogP) is 5.71. The summed E-state index contributed by atoms with van der Waals surface area (Å²) in [7, 11) is 0. The zero-order chi connectivity index (χ0) is 21.5. The molecule has 0 aliphatic rings. The fraction of sp³-hybridized carbons (Fsp3) is 0.333. The van der Waals surface area contributed by atoms with Gasteiger partial charge in [0.05, 0.1) is 0 Å². The van der Waals surface area contributed by atoms with Crippen LogP contribution in [0.1, 0.15) is 27.7 Å². The number of nitrogens with one attached hydrogen (secondary N) is 1. The first-order chi connectivity index (χ1) is 14.4. The monoisotopic (exact) mass is 405 g/mol. The minimum absolute atomic E-state index is 0.506. The van der Waals surface area contributed by atoms with Crippen LogP contribution in [0.2, 0.25) is 0 Å². The second-order valence-electron chi connectivity index (χ2n) is 8.22. The average molecular weight is 406 g/mol. The predicted molar refractivity (Wildman–Crippen MR) is 125 cm³/mol. The van der Waals surface area contributed by atoms with Gasteiger partial charge in [0, 0.05) is 18.8 Å². The highest BCUT2D eigenvalue weighted by atomic mass is 16.5. The Hall–Kier alpha value is -3.28. The summed E-state index contributed by atoms with van der Waals surface area (Å²) in [6, 6.07) is 17.4. The summed E-state index contributed by atoms with van der Waals surface area (Å²) in [4.78, 5) is 11.1. The number of benzene rings is 2. The molecule has 3 aromatic rings. The largest absolute Gasteiger partial charge is 0.457 e. The molecule has 2 aromatic carbocycles. The maximum absolute atomic E-state index is 6.46. The lowest BCUT2D eigenvalue weighted by Crippen LogP contribution is -2.32.